The molecule has 13 nitrogen and oxygen atoms in total. The van der Waals surface area contributed by atoms with Gasteiger partial charge in [-0.15, -0.1) is 0 Å². The van der Waals surface area contributed by atoms with Crippen LogP contribution in [-0.4, -0.2) is 123 Å². The molecule has 0 aromatic heterocycles. The summed E-state index contributed by atoms with van der Waals surface area (Å²) in [4.78, 5) is 11.1. The number of carboxylic acids is 1. The van der Waals surface area contributed by atoms with E-state index >= 15 is 0 Å². The van der Waals surface area contributed by atoms with E-state index in [0.717, 1.165) is 0 Å². The summed E-state index contributed by atoms with van der Waals surface area (Å²) in [6, 6.07) is 0. The average molecular weight is 399 g/mol. The normalized spacial score (nSPS) is 45.6. The predicted molar refractivity (Wildman–Crippen MR) is 82.0 cm³/mol. The highest BCUT2D eigenvalue weighted by atomic mass is 16.7. The minimum Gasteiger partial charge on any atom is -0.479 e. The summed E-state index contributed by atoms with van der Waals surface area (Å²) >= 11 is 0. The molecule has 13 heteroatoms. The molecule has 0 bridgehead atoms. The Balaban J connectivity index is 2.16. The maximum Gasteiger partial charge on any atom is 0.335 e. The standard InChI is InChI=1S/C14H25NO12/c15-1-2-24-13-9(21)10(5(17)4(3-16)25-13)26-14-8(20)6(18)7(19)11(27-14)12(22)23/h4-11,13-14,16-21H,1-3,15H2,(H,22,23)/t4-,5+,6+,7+,8-,9-,10+,11+,13-,14-/m1/s1. The number of aliphatic hydroxyl groups excluding tert-OH is 6. The van der Waals surface area contributed by atoms with Crippen LogP contribution >= 0.6 is 0 Å². The van der Waals surface area contributed by atoms with Crippen molar-refractivity contribution in [1.82, 2.24) is 0 Å². The third kappa shape index (κ3) is 4.72. The number of aliphatic carboxylic acids is 1. The van der Waals surface area contributed by atoms with Gasteiger partial charge < -0.3 is 60.4 Å². The van der Waals surface area contributed by atoms with E-state index in [1.54, 1.807) is 0 Å². The van der Waals surface area contributed by atoms with Crippen molar-refractivity contribution < 1.29 is 59.5 Å². The molecule has 10 atom stereocenters. The molecule has 0 aromatic carbocycles. The SMILES string of the molecule is NCCO[C@@H]1O[C@H](CO)[C@H](O)[C@H](O[C@@H]2O[C@H](C(=O)O)[C@@H](O)[C@H](O)[C@H]2O)[C@H]1O. The largest absolute Gasteiger partial charge is 0.479 e. The van der Waals surface area contributed by atoms with Crippen LogP contribution < -0.4 is 5.73 Å². The minimum absolute atomic E-state index is 0.0166. The molecule has 2 fully saturated rings. The second kappa shape index (κ2) is 9.49. The molecule has 9 N–H and O–H groups in total. The zero-order valence-corrected chi connectivity index (χ0v) is 14.1. The Bertz CT molecular complexity index is 495. The summed E-state index contributed by atoms with van der Waals surface area (Å²) in [6.07, 6.45) is -16.8. The zero-order valence-electron chi connectivity index (χ0n) is 14.1. The highest BCUT2D eigenvalue weighted by Crippen LogP contribution is 2.29. The topological polar surface area (TPSA) is 222 Å². The first-order chi connectivity index (χ1) is 12.7. The summed E-state index contributed by atoms with van der Waals surface area (Å²) in [6.45, 7) is -0.583. The summed E-state index contributed by atoms with van der Waals surface area (Å²) in [5, 5.41) is 68.4. The van der Waals surface area contributed by atoms with Gasteiger partial charge in [-0.1, -0.05) is 0 Å². The van der Waals surface area contributed by atoms with Gasteiger partial charge in [0.1, 0.15) is 42.7 Å². The van der Waals surface area contributed by atoms with Crippen molar-refractivity contribution in [2.45, 2.75) is 61.4 Å². The van der Waals surface area contributed by atoms with Crippen molar-refractivity contribution >= 4 is 5.97 Å². The monoisotopic (exact) mass is 399 g/mol. The van der Waals surface area contributed by atoms with Gasteiger partial charge >= 0.3 is 5.97 Å². The van der Waals surface area contributed by atoms with Crippen molar-refractivity contribution in [1.29, 1.82) is 0 Å². The van der Waals surface area contributed by atoms with Gasteiger partial charge in [-0.2, -0.15) is 0 Å². The Morgan fingerprint density at radius 2 is 1.59 bits per heavy atom. The molecule has 2 rings (SSSR count). The van der Waals surface area contributed by atoms with Crippen LogP contribution in [-0.2, 0) is 23.7 Å². The molecule has 0 aromatic rings. The van der Waals surface area contributed by atoms with E-state index in [-0.39, 0.29) is 13.2 Å². The molecular weight excluding hydrogens is 374 g/mol. The Morgan fingerprint density at radius 3 is 2.15 bits per heavy atom. The van der Waals surface area contributed by atoms with Crippen LogP contribution in [0.25, 0.3) is 0 Å². The Kier molecular flexibility index (Phi) is 7.84. The van der Waals surface area contributed by atoms with Crippen LogP contribution in [0.2, 0.25) is 0 Å². The lowest BCUT2D eigenvalue weighted by atomic mass is 9.97. The van der Waals surface area contributed by atoms with E-state index in [0.29, 0.717) is 0 Å². The second-order valence-electron chi connectivity index (χ2n) is 6.20. The van der Waals surface area contributed by atoms with E-state index in [9.17, 15) is 35.4 Å². The summed E-state index contributed by atoms with van der Waals surface area (Å²) in [7, 11) is 0. The van der Waals surface area contributed by atoms with Crippen LogP contribution in [0.1, 0.15) is 0 Å². The number of nitrogens with two attached hydrogens (primary N) is 1. The van der Waals surface area contributed by atoms with Gasteiger partial charge in [-0.3, -0.25) is 0 Å². The van der Waals surface area contributed by atoms with Crippen molar-refractivity contribution in [2.75, 3.05) is 19.8 Å². The number of rotatable bonds is 7. The fourth-order valence-electron chi connectivity index (χ4n) is 2.86. The lowest BCUT2D eigenvalue weighted by molar-refractivity contribution is -0.356. The number of carbonyl (C=O) groups is 1. The van der Waals surface area contributed by atoms with E-state index in [4.69, 9.17) is 29.8 Å². The minimum atomic E-state index is -1.92. The number of aliphatic hydroxyl groups is 6. The average Bonchev–Trinajstić information content (AvgIpc) is 2.64. The highest BCUT2D eigenvalue weighted by molar-refractivity contribution is 5.73. The van der Waals surface area contributed by atoms with Gasteiger partial charge in [-0.25, -0.2) is 4.79 Å². The fraction of sp³-hybridized carbons (Fsp3) is 0.929. The van der Waals surface area contributed by atoms with Crippen LogP contribution in [0.3, 0.4) is 0 Å². The van der Waals surface area contributed by atoms with Gasteiger partial charge in [-0.05, 0) is 0 Å². The Hall–Kier alpha value is -0.970. The van der Waals surface area contributed by atoms with Crippen LogP contribution in [0.5, 0.6) is 0 Å². The maximum atomic E-state index is 11.1. The lowest BCUT2D eigenvalue weighted by Gasteiger charge is -2.45. The molecule has 2 aliphatic heterocycles. The molecule has 0 unspecified atom stereocenters. The van der Waals surface area contributed by atoms with Crippen molar-refractivity contribution in [2.24, 2.45) is 5.73 Å². The zero-order chi connectivity index (χ0) is 20.3. The Labute approximate surface area is 153 Å². The van der Waals surface area contributed by atoms with Crippen molar-refractivity contribution in [3.8, 4) is 0 Å². The van der Waals surface area contributed by atoms with E-state index in [2.05, 4.69) is 0 Å². The molecule has 2 saturated heterocycles. The van der Waals surface area contributed by atoms with Gasteiger partial charge in [0.05, 0.1) is 13.2 Å². The molecular formula is C14H25NO12. The van der Waals surface area contributed by atoms with Crippen molar-refractivity contribution in [3.63, 3.8) is 0 Å². The molecule has 0 radical (unpaired) electrons. The third-order valence-corrected chi connectivity index (χ3v) is 4.33. The molecule has 0 saturated carbocycles. The van der Waals surface area contributed by atoms with Crippen LogP contribution in [0, 0.1) is 0 Å². The van der Waals surface area contributed by atoms with Crippen LogP contribution in [0.15, 0.2) is 0 Å². The first-order valence-corrected chi connectivity index (χ1v) is 8.25. The molecule has 2 heterocycles. The highest BCUT2D eigenvalue weighted by Gasteiger charge is 2.52. The van der Waals surface area contributed by atoms with E-state index < -0.39 is 74.0 Å². The quantitative estimate of drug-likeness (QED) is 0.200. The van der Waals surface area contributed by atoms with Gasteiger partial charge in [0.2, 0.25) is 0 Å². The number of hydrogen-bond donors (Lipinski definition) is 8. The number of carboxylic acid groups (broad SMARTS) is 1. The van der Waals surface area contributed by atoms with Crippen LogP contribution in [0.4, 0.5) is 0 Å². The van der Waals surface area contributed by atoms with Crippen molar-refractivity contribution in [3.05, 3.63) is 0 Å². The summed E-state index contributed by atoms with van der Waals surface area (Å²) in [5.41, 5.74) is 5.31. The van der Waals surface area contributed by atoms with Gasteiger partial charge in [0.15, 0.2) is 18.7 Å². The molecule has 0 amide bonds. The summed E-state index contributed by atoms with van der Waals surface area (Å²) < 4.78 is 20.7. The predicted octanol–water partition coefficient (Wildman–Crippen LogP) is -5.32. The maximum absolute atomic E-state index is 11.1. The number of hydrogen-bond acceptors (Lipinski definition) is 12. The summed E-state index contributed by atoms with van der Waals surface area (Å²) in [5.74, 6) is -1.62. The van der Waals surface area contributed by atoms with E-state index in [1.807, 2.05) is 0 Å². The van der Waals surface area contributed by atoms with Gasteiger partial charge in [0.25, 0.3) is 0 Å². The van der Waals surface area contributed by atoms with Gasteiger partial charge in [0, 0.05) is 6.54 Å². The first kappa shape index (κ1) is 22.3. The third-order valence-electron chi connectivity index (χ3n) is 4.33. The lowest BCUT2D eigenvalue weighted by Crippen LogP contribution is -2.65. The molecule has 0 aliphatic carbocycles. The molecule has 27 heavy (non-hydrogen) atoms. The molecule has 2 aliphatic rings. The molecule has 158 valence electrons. The smallest absolute Gasteiger partial charge is 0.335 e. The molecule has 0 spiro atoms. The second-order valence-corrected chi connectivity index (χ2v) is 6.20. The Morgan fingerprint density at radius 1 is 0.926 bits per heavy atom. The number of ether oxygens (including phenoxy) is 4. The first-order valence-electron chi connectivity index (χ1n) is 8.25. The fourth-order valence-corrected chi connectivity index (χ4v) is 2.86. The van der Waals surface area contributed by atoms with E-state index in [1.165, 1.54) is 0 Å².